The number of ether oxygens (including phenoxy) is 1. The van der Waals surface area contributed by atoms with Crippen molar-refractivity contribution in [2.75, 3.05) is 26.3 Å². The fraction of sp³-hybridized carbons (Fsp3) is 0.560. The van der Waals surface area contributed by atoms with E-state index in [0.29, 0.717) is 23.9 Å². The fourth-order valence-electron chi connectivity index (χ4n) is 5.15. The van der Waals surface area contributed by atoms with E-state index in [0.717, 1.165) is 48.9 Å². The summed E-state index contributed by atoms with van der Waals surface area (Å²) in [5.74, 6) is 1.17. The van der Waals surface area contributed by atoms with Crippen LogP contribution in [0.3, 0.4) is 0 Å². The van der Waals surface area contributed by atoms with E-state index in [2.05, 4.69) is 59.3 Å². The number of benzene rings is 1. The molecule has 1 aromatic heterocycles. The summed E-state index contributed by atoms with van der Waals surface area (Å²) in [5, 5.41) is 4.52. The summed E-state index contributed by atoms with van der Waals surface area (Å²) in [6.07, 6.45) is 7.42. The van der Waals surface area contributed by atoms with Crippen molar-refractivity contribution >= 4 is 24.3 Å². The van der Waals surface area contributed by atoms with Crippen LogP contribution in [0.15, 0.2) is 28.3 Å². The molecule has 0 amide bonds. The maximum absolute atomic E-state index is 5.40. The van der Waals surface area contributed by atoms with Gasteiger partial charge in [0.1, 0.15) is 5.69 Å². The molecule has 2 atom stereocenters. The second-order valence-corrected chi connectivity index (χ2v) is 9.53. The van der Waals surface area contributed by atoms with Gasteiger partial charge in [0, 0.05) is 18.3 Å². The third-order valence-electron chi connectivity index (χ3n) is 7.31. The molecule has 6 nitrogen and oxygen atoms in total. The molecule has 0 radical (unpaired) electrons. The Morgan fingerprint density at radius 1 is 1.13 bits per heavy atom. The van der Waals surface area contributed by atoms with Gasteiger partial charge in [-0.15, -0.1) is 0 Å². The lowest BCUT2D eigenvalue weighted by molar-refractivity contribution is -0.0774. The standard InChI is InChI=1S/C25H33N5O/c1-16-9-19(11-27-25-12-28-30(18(25)3)20-5-6-20)24(26-4)10-23(16)22-7-8-29(13-17(22)2)21-14-31-15-21/h9-12,17,20-22H,4-8,13-15H2,1-3H3. The largest absolute Gasteiger partial charge is 0.378 e. The number of aliphatic imine (C=N–C) groups is 2. The zero-order chi connectivity index (χ0) is 21.5. The molecule has 2 aromatic rings. The normalized spacial score (nSPS) is 25.1. The van der Waals surface area contributed by atoms with Gasteiger partial charge in [-0.25, -0.2) is 0 Å². The Hall–Kier alpha value is -2.31. The summed E-state index contributed by atoms with van der Waals surface area (Å²) < 4.78 is 7.51. The van der Waals surface area contributed by atoms with Crippen LogP contribution in [-0.4, -0.2) is 60.0 Å². The summed E-state index contributed by atoms with van der Waals surface area (Å²) in [7, 11) is 0. The van der Waals surface area contributed by atoms with Crippen LogP contribution in [-0.2, 0) is 4.74 Å². The van der Waals surface area contributed by atoms with Gasteiger partial charge >= 0.3 is 0 Å². The predicted molar refractivity (Wildman–Crippen MR) is 126 cm³/mol. The summed E-state index contributed by atoms with van der Waals surface area (Å²) in [5.41, 5.74) is 6.73. The number of aromatic nitrogens is 2. The van der Waals surface area contributed by atoms with Gasteiger partial charge in [0.2, 0.25) is 0 Å². The highest BCUT2D eigenvalue weighted by atomic mass is 16.5. The molecule has 6 heteroatoms. The number of likely N-dealkylation sites (tertiary alicyclic amines) is 1. The SMILES string of the molecule is C=Nc1cc(C2CCN(C3COC3)CC2C)c(C)cc1C=Nc1cnn(C2CC2)c1C. The van der Waals surface area contributed by atoms with E-state index in [9.17, 15) is 0 Å². The molecule has 0 spiro atoms. The lowest BCUT2D eigenvalue weighted by atomic mass is 9.79. The predicted octanol–water partition coefficient (Wildman–Crippen LogP) is 4.74. The lowest BCUT2D eigenvalue weighted by Gasteiger charge is -2.44. The smallest absolute Gasteiger partial charge is 0.104 e. The molecule has 0 N–H and O–H groups in total. The number of piperidine rings is 1. The Kier molecular flexibility index (Phi) is 5.52. The van der Waals surface area contributed by atoms with Crippen LogP contribution >= 0.6 is 0 Å². The number of hydrogen-bond acceptors (Lipinski definition) is 5. The summed E-state index contributed by atoms with van der Waals surface area (Å²) in [6, 6.07) is 5.66. The van der Waals surface area contributed by atoms with Crippen molar-refractivity contribution in [1.29, 1.82) is 0 Å². The Morgan fingerprint density at radius 3 is 2.58 bits per heavy atom. The highest BCUT2D eigenvalue weighted by Gasteiger charge is 2.34. The lowest BCUT2D eigenvalue weighted by Crippen LogP contribution is -2.53. The van der Waals surface area contributed by atoms with E-state index in [1.54, 1.807) is 0 Å². The molecule has 2 saturated heterocycles. The minimum Gasteiger partial charge on any atom is -0.378 e. The summed E-state index contributed by atoms with van der Waals surface area (Å²) in [4.78, 5) is 11.7. The molecule has 3 heterocycles. The number of hydrogen-bond donors (Lipinski definition) is 0. The van der Waals surface area contributed by atoms with E-state index in [1.807, 2.05) is 12.4 Å². The first-order valence-electron chi connectivity index (χ1n) is 11.6. The summed E-state index contributed by atoms with van der Waals surface area (Å²) in [6.45, 7) is 14.6. The number of nitrogens with zero attached hydrogens (tertiary/aromatic N) is 5. The van der Waals surface area contributed by atoms with Gasteiger partial charge in [-0.3, -0.25) is 19.6 Å². The molecule has 1 aromatic carbocycles. The average Bonchev–Trinajstić information content (AvgIpc) is 3.49. The van der Waals surface area contributed by atoms with E-state index in [-0.39, 0.29) is 0 Å². The molecule has 1 aliphatic carbocycles. The van der Waals surface area contributed by atoms with Crippen LogP contribution in [0.4, 0.5) is 11.4 Å². The first-order chi connectivity index (χ1) is 15.0. The Bertz CT molecular complexity index is 1000. The number of rotatable bonds is 6. The van der Waals surface area contributed by atoms with Crippen LogP contribution < -0.4 is 0 Å². The molecule has 2 aliphatic heterocycles. The van der Waals surface area contributed by atoms with Gasteiger partial charge in [0.25, 0.3) is 0 Å². The maximum atomic E-state index is 5.40. The molecule has 31 heavy (non-hydrogen) atoms. The van der Waals surface area contributed by atoms with Crippen molar-refractivity contribution in [2.24, 2.45) is 15.9 Å². The molecule has 3 fully saturated rings. The molecule has 5 rings (SSSR count). The van der Waals surface area contributed by atoms with Crippen molar-refractivity contribution < 1.29 is 4.74 Å². The van der Waals surface area contributed by atoms with Crippen LogP contribution in [0.2, 0.25) is 0 Å². The van der Waals surface area contributed by atoms with Crippen LogP contribution in [0, 0.1) is 19.8 Å². The van der Waals surface area contributed by atoms with Gasteiger partial charge < -0.3 is 4.74 Å². The molecular weight excluding hydrogens is 386 g/mol. The molecular formula is C25H33N5O. The minimum absolute atomic E-state index is 0.558. The number of aryl methyl sites for hydroxylation is 1. The molecule has 2 unspecified atom stereocenters. The maximum Gasteiger partial charge on any atom is 0.104 e. The van der Waals surface area contributed by atoms with E-state index in [4.69, 9.17) is 9.73 Å². The van der Waals surface area contributed by atoms with Gasteiger partial charge in [0.05, 0.1) is 42.9 Å². The van der Waals surface area contributed by atoms with Gasteiger partial charge in [-0.05, 0) is 81.5 Å². The Morgan fingerprint density at radius 2 is 1.94 bits per heavy atom. The third-order valence-corrected chi connectivity index (χ3v) is 7.31. The summed E-state index contributed by atoms with van der Waals surface area (Å²) >= 11 is 0. The van der Waals surface area contributed by atoms with Crippen LogP contribution in [0.5, 0.6) is 0 Å². The fourth-order valence-corrected chi connectivity index (χ4v) is 5.15. The van der Waals surface area contributed by atoms with Crippen molar-refractivity contribution in [3.05, 3.63) is 40.7 Å². The Balaban J connectivity index is 1.36. The highest BCUT2D eigenvalue weighted by Crippen LogP contribution is 2.39. The van der Waals surface area contributed by atoms with E-state index < -0.39 is 0 Å². The first kappa shape index (κ1) is 20.6. The van der Waals surface area contributed by atoms with E-state index >= 15 is 0 Å². The van der Waals surface area contributed by atoms with Crippen molar-refractivity contribution in [1.82, 2.24) is 14.7 Å². The van der Waals surface area contributed by atoms with Gasteiger partial charge in [0.15, 0.2) is 0 Å². The zero-order valence-corrected chi connectivity index (χ0v) is 18.9. The van der Waals surface area contributed by atoms with Crippen LogP contribution in [0.25, 0.3) is 0 Å². The zero-order valence-electron chi connectivity index (χ0n) is 18.9. The van der Waals surface area contributed by atoms with Gasteiger partial charge in [-0.2, -0.15) is 5.10 Å². The Labute approximate surface area is 185 Å². The van der Waals surface area contributed by atoms with Crippen molar-refractivity contribution in [3.63, 3.8) is 0 Å². The highest BCUT2D eigenvalue weighted by molar-refractivity contribution is 5.89. The monoisotopic (exact) mass is 419 g/mol. The second-order valence-electron chi connectivity index (χ2n) is 9.53. The average molecular weight is 420 g/mol. The van der Waals surface area contributed by atoms with Gasteiger partial charge in [-0.1, -0.05) is 6.92 Å². The molecule has 0 bridgehead atoms. The second kappa shape index (κ2) is 8.32. The van der Waals surface area contributed by atoms with Crippen LogP contribution in [0.1, 0.15) is 60.5 Å². The quantitative estimate of drug-likeness (QED) is 0.636. The molecule has 3 aliphatic rings. The topological polar surface area (TPSA) is 55.0 Å². The molecule has 1 saturated carbocycles. The van der Waals surface area contributed by atoms with E-state index in [1.165, 1.54) is 30.4 Å². The first-order valence-corrected chi connectivity index (χ1v) is 11.6. The van der Waals surface area contributed by atoms with Crippen molar-refractivity contribution in [2.45, 2.75) is 58.0 Å². The van der Waals surface area contributed by atoms with Crippen molar-refractivity contribution in [3.8, 4) is 0 Å². The minimum atomic E-state index is 0.558. The third kappa shape index (κ3) is 3.99. The molecule has 164 valence electrons.